The molecule has 6 nitrogen and oxygen atoms in total. The number of nitrogens with zero attached hydrogens (tertiary/aromatic N) is 2. The van der Waals surface area contributed by atoms with E-state index in [-0.39, 0.29) is 10.9 Å². The van der Waals surface area contributed by atoms with Crippen molar-refractivity contribution in [2.24, 2.45) is 5.73 Å². The first-order valence-corrected chi connectivity index (χ1v) is 5.79. The quantitative estimate of drug-likeness (QED) is 0.672. The summed E-state index contributed by atoms with van der Waals surface area (Å²) in [7, 11) is -3.37. The Balaban J connectivity index is 2.26. The third-order valence-corrected chi connectivity index (χ3v) is 4.13. The van der Waals surface area contributed by atoms with Gasteiger partial charge in [0.2, 0.25) is 10.0 Å². The van der Waals surface area contributed by atoms with Crippen molar-refractivity contribution in [1.82, 2.24) is 14.5 Å². The third-order valence-electron chi connectivity index (χ3n) is 2.30. The van der Waals surface area contributed by atoms with E-state index in [1.807, 2.05) is 0 Å². The van der Waals surface area contributed by atoms with E-state index in [9.17, 15) is 8.42 Å². The van der Waals surface area contributed by atoms with Gasteiger partial charge >= 0.3 is 0 Å². The molecular weight excluding hydrogens is 204 g/mol. The number of aromatic amines is 1. The van der Waals surface area contributed by atoms with Crippen molar-refractivity contribution in [3.8, 4) is 0 Å². The van der Waals surface area contributed by atoms with Crippen LogP contribution >= 0.6 is 0 Å². The van der Waals surface area contributed by atoms with Crippen LogP contribution in [0.25, 0.3) is 0 Å². The lowest BCUT2D eigenvalue weighted by Crippen LogP contribution is -2.31. The van der Waals surface area contributed by atoms with Gasteiger partial charge in [-0.05, 0) is 6.42 Å². The van der Waals surface area contributed by atoms with Gasteiger partial charge in [0.05, 0.1) is 6.20 Å². The van der Waals surface area contributed by atoms with Crippen LogP contribution < -0.4 is 5.73 Å². The minimum atomic E-state index is -3.37. The van der Waals surface area contributed by atoms with Gasteiger partial charge < -0.3 is 5.73 Å². The van der Waals surface area contributed by atoms with Crippen LogP contribution in [0.1, 0.15) is 6.42 Å². The maximum atomic E-state index is 11.9. The lowest BCUT2D eigenvalue weighted by Gasteiger charge is -2.13. The first-order valence-electron chi connectivity index (χ1n) is 4.35. The molecule has 1 atom stereocenters. The van der Waals surface area contributed by atoms with Crippen LogP contribution in [0.3, 0.4) is 0 Å². The van der Waals surface area contributed by atoms with E-state index < -0.39 is 10.0 Å². The van der Waals surface area contributed by atoms with Crippen LogP contribution in [0.4, 0.5) is 0 Å². The fraction of sp³-hybridized carbons (Fsp3) is 0.571. The smallest absolute Gasteiger partial charge is 0.246 e. The fourth-order valence-electron chi connectivity index (χ4n) is 1.50. The Morgan fingerprint density at radius 2 is 2.43 bits per heavy atom. The molecule has 1 saturated heterocycles. The number of rotatable bonds is 2. The van der Waals surface area contributed by atoms with Gasteiger partial charge in [-0.1, -0.05) is 0 Å². The van der Waals surface area contributed by atoms with Crippen LogP contribution in [-0.2, 0) is 10.0 Å². The number of H-pyrrole nitrogens is 1. The zero-order valence-corrected chi connectivity index (χ0v) is 8.37. The van der Waals surface area contributed by atoms with Crippen LogP contribution in [0.2, 0.25) is 0 Å². The highest BCUT2D eigenvalue weighted by atomic mass is 32.2. The second kappa shape index (κ2) is 3.34. The zero-order chi connectivity index (χ0) is 10.2. The van der Waals surface area contributed by atoms with Crippen molar-refractivity contribution in [3.05, 3.63) is 12.4 Å². The molecule has 0 radical (unpaired) electrons. The second-order valence-electron chi connectivity index (χ2n) is 3.35. The van der Waals surface area contributed by atoms with E-state index in [4.69, 9.17) is 5.73 Å². The molecule has 0 spiro atoms. The minimum Gasteiger partial charge on any atom is -0.326 e. The van der Waals surface area contributed by atoms with Crippen LogP contribution in [-0.4, -0.2) is 42.1 Å². The van der Waals surface area contributed by atoms with Gasteiger partial charge in [-0.3, -0.25) is 5.10 Å². The SMILES string of the molecule is N[C@@H]1CCN(S(=O)(=O)c2cn[nH]c2)C1. The Kier molecular flexibility index (Phi) is 2.30. The van der Waals surface area contributed by atoms with Crippen molar-refractivity contribution < 1.29 is 8.42 Å². The monoisotopic (exact) mass is 216 g/mol. The number of hydrogen-bond donors (Lipinski definition) is 2. The van der Waals surface area contributed by atoms with Gasteiger partial charge in [-0.15, -0.1) is 0 Å². The molecule has 0 saturated carbocycles. The summed E-state index contributed by atoms with van der Waals surface area (Å²) in [6, 6.07) is -0.0447. The molecule has 0 aliphatic carbocycles. The van der Waals surface area contributed by atoms with Crippen LogP contribution in [0, 0.1) is 0 Å². The minimum absolute atomic E-state index is 0.0447. The van der Waals surface area contributed by atoms with Gasteiger partial charge in [0.25, 0.3) is 0 Å². The molecule has 0 amide bonds. The highest BCUT2D eigenvalue weighted by Gasteiger charge is 2.31. The fourth-order valence-corrected chi connectivity index (χ4v) is 2.92. The molecule has 14 heavy (non-hydrogen) atoms. The van der Waals surface area contributed by atoms with Crippen molar-refractivity contribution in [1.29, 1.82) is 0 Å². The predicted octanol–water partition coefficient (Wildman–Crippen LogP) is -0.869. The first-order chi connectivity index (χ1) is 6.60. The van der Waals surface area contributed by atoms with E-state index in [1.165, 1.54) is 16.7 Å². The number of nitrogens with one attached hydrogen (secondary N) is 1. The van der Waals surface area contributed by atoms with Crippen molar-refractivity contribution in [3.63, 3.8) is 0 Å². The lowest BCUT2D eigenvalue weighted by molar-refractivity contribution is 0.472. The summed E-state index contributed by atoms with van der Waals surface area (Å²) in [5, 5.41) is 6.10. The van der Waals surface area contributed by atoms with Gasteiger partial charge in [-0.2, -0.15) is 9.40 Å². The van der Waals surface area contributed by atoms with E-state index in [2.05, 4.69) is 10.2 Å². The summed E-state index contributed by atoms with van der Waals surface area (Å²) in [5.74, 6) is 0. The molecule has 2 heterocycles. The molecule has 1 aromatic rings. The Labute approximate surface area is 82.1 Å². The lowest BCUT2D eigenvalue weighted by atomic mass is 10.3. The Morgan fingerprint density at radius 1 is 1.64 bits per heavy atom. The molecule has 1 aliphatic rings. The molecule has 1 fully saturated rings. The van der Waals surface area contributed by atoms with Gasteiger partial charge in [0.15, 0.2) is 0 Å². The maximum Gasteiger partial charge on any atom is 0.246 e. The summed E-state index contributed by atoms with van der Waals surface area (Å²) in [4.78, 5) is 0.201. The topological polar surface area (TPSA) is 92.1 Å². The van der Waals surface area contributed by atoms with Gasteiger partial charge in [-0.25, -0.2) is 8.42 Å². The Bertz CT molecular complexity index is 399. The standard InChI is InChI=1S/C7H12N4O2S/c8-6-1-2-11(5-6)14(12,13)7-3-9-10-4-7/h3-4,6H,1-2,5,8H2,(H,9,10)/t6-/m1/s1. The maximum absolute atomic E-state index is 11.9. The third kappa shape index (κ3) is 1.54. The molecule has 7 heteroatoms. The van der Waals surface area contributed by atoms with E-state index in [0.717, 1.165) is 6.42 Å². The van der Waals surface area contributed by atoms with Gasteiger partial charge in [0.1, 0.15) is 4.90 Å². The van der Waals surface area contributed by atoms with Crippen LogP contribution in [0.5, 0.6) is 0 Å². The Morgan fingerprint density at radius 3 is 2.93 bits per heavy atom. The summed E-state index contributed by atoms with van der Waals surface area (Å²) in [6.07, 6.45) is 3.40. The van der Waals surface area contributed by atoms with Crippen molar-refractivity contribution >= 4 is 10.0 Å². The Hall–Kier alpha value is -0.920. The summed E-state index contributed by atoms with van der Waals surface area (Å²) in [5.41, 5.74) is 5.65. The zero-order valence-electron chi connectivity index (χ0n) is 7.55. The largest absolute Gasteiger partial charge is 0.326 e. The molecular formula is C7H12N4O2S. The highest BCUT2D eigenvalue weighted by Crippen LogP contribution is 2.18. The first kappa shape index (κ1) is 9.63. The molecule has 0 aromatic carbocycles. The highest BCUT2D eigenvalue weighted by molar-refractivity contribution is 7.89. The summed E-state index contributed by atoms with van der Waals surface area (Å²) >= 11 is 0. The molecule has 0 unspecified atom stereocenters. The normalized spacial score (nSPS) is 24.2. The van der Waals surface area contributed by atoms with Crippen LogP contribution in [0.15, 0.2) is 17.3 Å². The number of aromatic nitrogens is 2. The molecule has 0 bridgehead atoms. The average Bonchev–Trinajstić information content (AvgIpc) is 2.72. The number of nitrogens with two attached hydrogens (primary N) is 1. The van der Waals surface area contributed by atoms with Crippen molar-refractivity contribution in [2.75, 3.05) is 13.1 Å². The second-order valence-corrected chi connectivity index (χ2v) is 5.28. The van der Waals surface area contributed by atoms with Gasteiger partial charge in [0, 0.05) is 25.3 Å². The number of sulfonamides is 1. The average molecular weight is 216 g/mol. The predicted molar refractivity (Wildman–Crippen MR) is 49.9 cm³/mol. The van der Waals surface area contributed by atoms with E-state index >= 15 is 0 Å². The summed E-state index contributed by atoms with van der Waals surface area (Å²) in [6.45, 7) is 0.891. The molecule has 78 valence electrons. The molecule has 3 N–H and O–H groups in total. The molecule has 1 aromatic heterocycles. The van der Waals surface area contributed by atoms with E-state index in [1.54, 1.807) is 0 Å². The van der Waals surface area contributed by atoms with E-state index in [0.29, 0.717) is 13.1 Å². The molecule has 2 rings (SSSR count). The molecule has 1 aliphatic heterocycles. The summed E-state index contributed by atoms with van der Waals surface area (Å²) < 4.78 is 25.1. The van der Waals surface area contributed by atoms with Crippen molar-refractivity contribution in [2.45, 2.75) is 17.4 Å². The number of hydrogen-bond acceptors (Lipinski definition) is 4.